The van der Waals surface area contributed by atoms with Crippen molar-refractivity contribution < 1.29 is 0 Å². The maximum absolute atomic E-state index is 5.48. The van der Waals surface area contributed by atoms with Crippen LogP contribution in [-0.4, -0.2) is 24.5 Å². The second-order valence-electron chi connectivity index (χ2n) is 15.4. The number of rotatable bonds is 7. The Morgan fingerprint density at radius 3 is 1.61 bits per heavy atom. The number of para-hydroxylation sites is 2. The zero-order valence-corrected chi connectivity index (χ0v) is 34.2. The average Bonchev–Trinajstić information content (AvgIpc) is 3.91. The summed E-state index contributed by atoms with van der Waals surface area (Å²) >= 11 is 1.82. The van der Waals surface area contributed by atoms with Gasteiger partial charge in [0.25, 0.3) is 0 Å². The van der Waals surface area contributed by atoms with E-state index in [1.54, 1.807) is 0 Å². The van der Waals surface area contributed by atoms with Crippen LogP contribution in [0.2, 0.25) is 0 Å². The molecule has 0 saturated carbocycles. The molecule has 0 atom stereocenters. The number of pyridine rings is 1. The fourth-order valence-corrected chi connectivity index (χ4v) is 10.1. The molecular weight excluding hydrogens is 775 g/mol. The first-order chi connectivity index (χ1) is 30.8. The van der Waals surface area contributed by atoms with Crippen molar-refractivity contribution in [1.82, 2.24) is 24.5 Å². The average molecular weight is 810 g/mol. The summed E-state index contributed by atoms with van der Waals surface area (Å²) in [6, 6.07) is 72.2. The Morgan fingerprint density at radius 1 is 0.371 bits per heavy atom. The molecule has 6 heteroatoms. The van der Waals surface area contributed by atoms with Gasteiger partial charge in [-0.25, -0.2) is 15.0 Å². The lowest BCUT2D eigenvalue weighted by Gasteiger charge is -2.16. The molecule has 62 heavy (non-hydrogen) atoms. The lowest BCUT2D eigenvalue weighted by Crippen LogP contribution is -2.02. The van der Waals surface area contributed by atoms with Crippen LogP contribution in [0.25, 0.3) is 115 Å². The molecule has 290 valence electrons. The Labute approximate surface area is 361 Å². The van der Waals surface area contributed by atoms with Gasteiger partial charge in [0.1, 0.15) is 0 Å². The Balaban J connectivity index is 1.19. The van der Waals surface area contributed by atoms with Crippen molar-refractivity contribution in [2.24, 2.45) is 0 Å². The van der Waals surface area contributed by atoms with Gasteiger partial charge in [-0.15, -0.1) is 11.3 Å². The third-order valence-electron chi connectivity index (χ3n) is 11.7. The van der Waals surface area contributed by atoms with E-state index in [2.05, 4.69) is 174 Å². The fourth-order valence-electron chi connectivity index (χ4n) is 8.93. The van der Waals surface area contributed by atoms with Gasteiger partial charge in [0.2, 0.25) is 0 Å². The van der Waals surface area contributed by atoms with Gasteiger partial charge in [0.15, 0.2) is 17.5 Å². The van der Waals surface area contributed by atoms with Gasteiger partial charge < -0.3 is 4.57 Å². The van der Waals surface area contributed by atoms with Gasteiger partial charge in [0, 0.05) is 70.6 Å². The molecule has 4 heterocycles. The first-order valence-electron chi connectivity index (χ1n) is 20.7. The largest absolute Gasteiger partial charge is 0.309 e. The van der Waals surface area contributed by atoms with E-state index < -0.39 is 0 Å². The zero-order chi connectivity index (χ0) is 41.0. The third kappa shape index (κ3) is 5.99. The fraction of sp³-hybridized carbons (Fsp3) is 0. The van der Waals surface area contributed by atoms with E-state index in [9.17, 15) is 0 Å². The summed E-state index contributed by atoms with van der Waals surface area (Å²) in [5.41, 5.74) is 12.3. The molecule has 0 aliphatic heterocycles. The minimum Gasteiger partial charge on any atom is -0.309 e. The predicted molar refractivity (Wildman–Crippen MR) is 257 cm³/mol. The lowest BCUT2D eigenvalue weighted by molar-refractivity contribution is 1.07. The van der Waals surface area contributed by atoms with Gasteiger partial charge in [0.05, 0.1) is 16.7 Å². The quantitative estimate of drug-likeness (QED) is 0.161. The van der Waals surface area contributed by atoms with Crippen LogP contribution in [-0.2, 0) is 0 Å². The molecular formula is C56H35N5S. The van der Waals surface area contributed by atoms with Crippen molar-refractivity contribution in [2.45, 2.75) is 0 Å². The second-order valence-corrected chi connectivity index (χ2v) is 16.5. The summed E-state index contributed by atoms with van der Waals surface area (Å²) in [4.78, 5) is 21.1. The number of aromatic nitrogens is 5. The Kier molecular flexibility index (Phi) is 8.61. The van der Waals surface area contributed by atoms with Crippen LogP contribution in [0.15, 0.2) is 212 Å². The first-order valence-corrected chi connectivity index (χ1v) is 21.5. The normalized spacial score (nSPS) is 11.5. The van der Waals surface area contributed by atoms with Crippen LogP contribution < -0.4 is 0 Å². The molecule has 0 fully saturated rings. The maximum atomic E-state index is 5.48. The Hall–Kier alpha value is -8.06. The summed E-state index contributed by atoms with van der Waals surface area (Å²) in [7, 11) is 0. The molecule has 4 aromatic heterocycles. The van der Waals surface area contributed by atoms with Crippen LogP contribution in [0.5, 0.6) is 0 Å². The van der Waals surface area contributed by atoms with Crippen LogP contribution in [0.1, 0.15) is 0 Å². The van der Waals surface area contributed by atoms with Gasteiger partial charge in [-0.1, -0.05) is 170 Å². The van der Waals surface area contributed by atoms with E-state index in [0.717, 1.165) is 61.3 Å². The maximum Gasteiger partial charge on any atom is 0.166 e. The monoisotopic (exact) mass is 809 g/mol. The summed E-state index contributed by atoms with van der Waals surface area (Å²) < 4.78 is 4.83. The molecule has 0 unspecified atom stereocenters. The van der Waals surface area contributed by atoms with E-state index in [1.165, 1.54) is 36.6 Å². The molecule has 0 aliphatic carbocycles. The van der Waals surface area contributed by atoms with Crippen molar-refractivity contribution in [3.63, 3.8) is 0 Å². The molecule has 0 saturated heterocycles. The molecule has 0 N–H and O–H groups in total. The van der Waals surface area contributed by atoms with E-state index in [-0.39, 0.29) is 0 Å². The molecule has 0 bridgehead atoms. The molecule has 0 aliphatic rings. The molecule has 5 nitrogen and oxygen atoms in total. The smallest absolute Gasteiger partial charge is 0.166 e. The van der Waals surface area contributed by atoms with Crippen LogP contribution in [0.3, 0.4) is 0 Å². The minimum absolute atomic E-state index is 0.555. The highest BCUT2D eigenvalue weighted by molar-refractivity contribution is 7.26. The summed E-state index contributed by atoms with van der Waals surface area (Å²) in [5, 5.41) is 4.79. The van der Waals surface area contributed by atoms with Gasteiger partial charge >= 0.3 is 0 Å². The SMILES string of the molecule is c1ccc(-c2nc(-c3ccccc3)nc(-c3cc(-c4ccccc4-c4ccccc4)cnc3-c3cccc4sc5ccc6c7ccccc7n(-c7ccccc7)c6c5c34)n2)cc1. The number of benzene rings is 8. The lowest BCUT2D eigenvalue weighted by atomic mass is 9.93. The highest BCUT2D eigenvalue weighted by atomic mass is 32.1. The summed E-state index contributed by atoms with van der Waals surface area (Å²) in [5.74, 6) is 1.76. The highest BCUT2D eigenvalue weighted by Crippen LogP contribution is 2.47. The van der Waals surface area contributed by atoms with E-state index in [4.69, 9.17) is 19.9 Å². The minimum atomic E-state index is 0.555. The number of hydrogen-bond donors (Lipinski definition) is 0. The molecule has 12 aromatic rings. The van der Waals surface area contributed by atoms with Crippen molar-refractivity contribution in [2.75, 3.05) is 0 Å². The van der Waals surface area contributed by atoms with Gasteiger partial charge in [-0.05, 0) is 53.1 Å². The summed E-state index contributed by atoms with van der Waals surface area (Å²) in [6.45, 7) is 0. The number of fused-ring (bicyclic) bond motifs is 7. The molecule has 0 radical (unpaired) electrons. The van der Waals surface area contributed by atoms with E-state index in [0.29, 0.717) is 17.5 Å². The van der Waals surface area contributed by atoms with Gasteiger partial charge in [-0.2, -0.15) is 0 Å². The number of thiophene rings is 1. The zero-order valence-electron chi connectivity index (χ0n) is 33.4. The Morgan fingerprint density at radius 2 is 0.919 bits per heavy atom. The van der Waals surface area contributed by atoms with Crippen LogP contribution in [0, 0.1) is 0 Å². The third-order valence-corrected chi connectivity index (χ3v) is 12.8. The molecule has 0 amide bonds. The van der Waals surface area contributed by atoms with Crippen molar-refractivity contribution in [3.05, 3.63) is 212 Å². The van der Waals surface area contributed by atoms with Gasteiger partial charge in [-0.3, -0.25) is 4.98 Å². The van der Waals surface area contributed by atoms with E-state index in [1.807, 2.05) is 53.9 Å². The van der Waals surface area contributed by atoms with Crippen molar-refractivity contribution >= 4 is 53.3 Å². The first kappa shape index (κ1) is 35.8. The summed E-state index contributed by atoms with van der Waals surface area (Å²) in [6.07, 6.45) is 2.02. The molecule has 0 spiro atoms. The number of nitrogens with zero attached hydrogens (tertiary/aromatic N) is 5. The molecule has 12 rings (SSSR count). The van der Waals surface area contributed by atoms with E-state index >= 15 is 0 Å². The van der Waals surface area contributed by atoms with Crippen LogP contribution >= 0.6 is 11.3 Å². The Bertz CT molecular complexity index is 3560. The van der Waals surface area contributed by atoms with Crippen LogP contribution in [0.4, 0.5) is 0 Å². The highest BCUT2D eigenvalue weighted by Gasteiger charge is 2.24. The van der Waals surface area contributed by atoms with Crippen molar-refractivity contribution in [1.29, 1.82) is 0 Å². The van der Waals surface area contributed by atoms with Crippen molar-refractivity contribution in [3.8, 4) is 73.4 Å². The topological polar surface area (TPSA) is 56.5 Å². The second kappa shape index (κ2) is 14.9. The molecule has 8 aromatic carbocycles. The number of hydrogen-bond acceptors (Lipinski definition) is 5. The standard InChI is InChI=1S/C56H35N5S/c1-5-18-36(19-6-1)41-26-13-14-27-42(41)39-34-46(56-59-54(37-20-7-2-8-21-37)58-55(60-56)38-22-9-3-10-23-38)52(57-35-39)45-29-17-31-48-50(45)51-49(62-48)33-32-44-43-28-15-16-30-47(43)61(53(44)51)40-24-11-4-12-25-40/h1-35H. The predicted octanol–water partition coefficient (Wildman–Crippen LogP) is 14.7.